The smallest absolute Gasteiger partial charge is 0.258 e. The summed E-state index contributed by atoms with van der Waals surface area (Å²) in [6.07, 6.45) is 0. The number of nitrogen functional groups attached to an aromatic ring is 1. The number of hydrogen-bond donors (Lipinski definition) is 2. The van der Waals surface area contributed by atoms with E-state index in [0.717, 1.165) is 11.3 Å². The van der Waals surface area contributed by atoms with Gasteiger partial charge in [0, 0.05) is 23.5 Å². The number of anilines is 2. The molecular weight excluding hydrogens is 269 g/mol. The lowest BCUT2D eigenvalue weighted by atomic mass is 10.1. The monoisotopic (exact) mass is 287 g/mol. The van der Waals surface area contributed by atoms with E-state index >= 15 is 0 Å². The Morgan fingerprint density at radius 3 is 2.43 bits per heavy atom. The molecule has 0 heterocycles. The Balaban J connectivity index is 2.34. The molecule has 0 fully saturated rings. The van der Waals surface area contributed by atoms with Crippen LogP contribution in [0.5, 0.6) is 0 Å². The van der Waals surface area contributed by atoms with E-state index in [4.69, 9.17) is 5.84 Å². The molecule has 0 aliphatic heterocycles. The zero-order valence-electron chi connectivity index (χ0n) is 12.1. The number of carbonyl (C=O) groups is 1. The first-order chi connectivity index (χ1) is 10.1. The fourth-order valence-corrected chi connectivity index (χ4v) is 2.20. The van der Waals surface area contributed by atoms with E-state index in [1.807, 2.05) is 19.9 Å². The average Bonchev–Trinajstić information content (AvgIpc) is 2.49. The molecule has 2 aromatic rings. The zero-order chi connectivity index (χ0) is 15.4. The highest BCUT2D eigenvalue weighted by molar-refractivity contribution is 6.07. The Hall–Kier alpha value is -2.40. The summed E-state index contributed by atoms with van der Waals surface area (Å²) in [7, 11) is 0. The van der Waals surface area contributed by atoms with Crippen LogP contribution in [-0.2, 0) is 0 Å². The molecule has 0 spiro atoms. The minimum Gasteiger partial charge on any atom is -0.324 e. The molecule has 2 aromatic carbocycles. The maximum absolute atomic E-state index is 13.0. The lowest BCUT2D eigenvalue weighted by Gasteiger charge is -2.22. The highest BCUT2D eigenvalue weighted by Gasteiger charge is 2.18. The van der Waals surface area contributed by atoms with Gasteiger partial charge in [0.25, 0.3) is 5.91 Å². The third-order valence-corrected chi connectivity index (χ3v) is 3.32. The van der Waals surface area contributed by atoms with E-state index in [-0.39, 0.29) is 11.7 Å². The van der Waals surface area contributed by atoms with Crippen molar-refractivity contribution in [2.45, 2.75) is 13.8 Å². The molecule has 0 saturated heterocycles. The molecule has 0 bridgehead atoms. The Labute approximate surface area is 123 Å². The van der Waals surface area contributed by atoms with Crippen molar-refractivity contribution in [3.63, 3.8) is 0 Å². The minimum atomic E-state index is -0.322. The highest BCUT2D eigenvalue weighted by atomic mass is 19.1. The third kappa shape index (κ3) is 3.20. The molecule has 5 heteroatoms. The van der Waals surface area contributed by atoms with Crippen LogP contribution in [0.3, 0.4) is 0 Å². The van der Waals surface area contributed by atoms with Crippen LogP contribution in [0.25, 0.3) is 0 Å². The number of nitrogens with two attached hydrogens (primary N) is 1. The van der Waals surface area contributed by atoms with Crippen molar-refractivity contribution in [3.05, 3.63) is 59.4 Å². The zero-order valence-corrected chi connectivity index (χ0v) is 12.1. The molecule has 110 valence electrons. The van der Waals surface area contributed by atoms with Gasteiger partial charge in [-0.15, -0.1) is 0 Å². The Kier molecular flexibility index (Phi) is 4.55. The van der Waals surface area contributed by atoms with Gasteiger partial charge in [-0.05, 0) is 61.9 Å². The first-order valence-electron chi connectivity index (χ1n) is 6.71. The second-order valence-corrected chi connectivity index (χ2v) is 4.70. The predicted molar refractivity (Wildman–Crippen MR) is 82.7 cm³/mol. The van der Waals surface area contributed by atoms with Crippen molar-refractivity contribution < 1.29 is 9.18 Å². The maximum atomic E-state index is 13.0. The second-order valence-electron chi connectivity index (χ2n) is 4.70. The van der Waals surface area contributed by atoms with Crippen molar-refractivity contribution in [2.75, 3.05) is 16.9 Å². The van der Waals surface area contributed by atoms with Crippen molar-refractivity contribution in [1.29, 1.82) is 0 Å². The topological polar surface area (TPSA) is 58.4 Å². The highest BCUT2D eigenvalue weighted by Crippen LogP contribution is 2.21. The summed E-state index contributed by atoms with van der Waals surface area (Å²) < 4.78 is 13.0. The first-order valence-corrected chi connectivity index (χ1v) is 6.71. The van der Waals surface area contributed by atoms with Crippen molar-refractivity contribution >= 4 is 17.3 Å². The first kappa shape index (κ1) is 15.0. The van der Waals surface area contributed by atoms with Gasteiger partial charge in [-0.3, -0.25) is 10.6 Å². The molecule has 4 nitrogen and oxygen atoms in total. The van der Waals surface area contributed by atoms with Gasteiger partial charge in [-0.1, -0.05) is 0 Å². The molecule has 3 N–H and O–H groups in total. The van der Waals surface area contributed by atoms with Crippen molar-refractivity contribution in [2.24, 2.45) is 5.84 Å². The van der Waals surface area contributed by atoms with Gasteiger partial charge in [0.1, 0.15) is 5.82 Å². The maximum Gasteiger partial charge on any atom is 0.258 e. The van der Waals surface area contributed by atoms with E-state index in [1.165, 1.54) is 12.1 Å². The lowest BCUT2D eigenvalue weighted by molar-refractivity contribution is 0.0987. The number of halogens is 1. The van der Waals surface area contributed by atoms with Gasteiger partial charge in [-0.2, -0.15) is 0 Å². The number of hydrazine groups is 1. The summed E-state index contributed by atoms with van der Waals surface area (Å²) in [6.45, 7) is 4.24. The van der Waals surface area contributed by atoms with E-state index in [2.05, 4.69) is 5.43 Å². The van der Waals surface area contributed by atoms with E-state index in [0.29, 0.717) is 17.8 Å². The molecule has 1 amide bonds. The van der Waals surface area contributed by atoms with Gasteiger partial charge < -0.3 is 10.3 Å². The summed E-state index contributed by atoms with van der Waals surface area (Å²) >= 11 is 0. The van der Waals surface area contributed by atoms with Crippen LogP contribution in [0.15, 0.2) is 42.5 Å². The number of nitrogens with one attached hydrogen (secondary N) is 1. The van der Waals surface area contributed by atoms with Crippen LogP contribution in [0.1, 0.15) is 22.8 Å². The minimum absolute atomic E-state index is 0.120. The normalized spacial score (nSPS) is 10.3. The molecule has 0 unspecified atom stereocenters. The van der Waals surface area contributed by atoms with Gasteiger partial charge in [-0.25, -0.2) is 4.39 Å². The summed E-state index contributed by atoms with van der Waals surface area (Å²) in [5.74, 6) is 4.91. The third-order valence-electron chi connectivity index (χ3n) is 3.32. The number of amides is 1. The van der Waals surface area contributed by atoms with Crippen LogP contribution >= 0.6 is 0 Å². The van der Waals surface area contributed by atoms with Crippen LogP contribution in [-0.4, -0.2) is 12.5 Å². The van der Waals surface area contributed by atoms with Gasteiger partial charge >= 0.3 is 0 Å². The predicted octanol–water partition coefficient (Wildman–Crippen LogP) is 3.09. The van der Waals surface area contributed by atoms with Crippen LogP contribution < -0.4 is 16.2 Å². The van der Waals surface area contributed by atoms with Crippen molar-refractivity contribution in [3.8, 4) is 0 Å². The lowest BCUT2D eigenvalue weighted by Crippen LogP contribution is -2.31. The molecule has 0 aromatic heterocycles. The summed E-state index contributed by atoms with van der Waals surface area (Å²) in [4.78, 5) is 14.3. The van der Waals surface area contributed by atoms with Crippen molar-refractivity contribution in [1.82, 2.24) is 0 Å². The quantitative estimate of drug-likeness (QED) is 0.671. The fourth-order valence-electron chi connectivity index (χ4n) is 2.20. The molecule has 0 aliphatic rings. The number of hydrogen-bond acceptors (Lipinski definition) is 3. The Morgan fingerprint density at radius 1 is 1.24 bits per heavy atom. The molecule has 0 radical (unpaired) electrons. The second kappa shape index (κ2) is 6.37. The van der Waals surface area contributed by atoms with Crippen LogP contribution in [0, 0.1) is 12.7 Å². The van der Waals surface area contributed by atoms with Gasteiger partial charge in [0.2, 0.25) is 0 Å². The van der Waals surface area contributed by atoms with Crippen LogP contribution in [0.2, 0.25) is 0 Å². The summed E-state index contributed by atoms with van der Waals surface area (Å²) in [6, 6.07) is 11.2. The Bertz CT molecular complexity index is 640. The molecule has 2 rings (SSSR count). The fraction of sp³-hybridized carbons (Fsp3) is 0.188. The largest absolute Gasteiger partial charge is 0.324 e. The van der Waals surface area contributed by atoms with Gasteiger partial charge in [0.15, 0.2) is 0 Å². The number of nitrogens with zero attached hydrogens (tertiary/aromatic N) is 1. The molecule has 0 aliphatic carbocycles. The standard InChI is InChI=1S/C16H18FN3O/c1-3-20(14-7-4-12(17)5-8-14)16(21)15-9-6-13(19-18)10-11(15)2/h4-10,19H,3,18H2,1-2H3. The molecule has 21 heavy (non-hydrogen) atoms. The molecular formula is C16H18FN3O. The average molecular weight is 287 g/mol. The number of rotatable bonds is 4. The number of aryl methyl sites for hydroxylation is 1. The van der Waals surface area contributed by atoms with E-state index < -0.39 is 0 Å². The van der Waals surface area contributed by atoms with E-state index in [1.54, 1.807) is 29.2 Å². The van der Waals surface area contributed by atoms with E-state index in [9.17, 15) is 9.18 Å². The Morgan fingerprint density at radius 2 is 1.90 bits per heavy atom. The van der Waals surface area contributed by atoms with Gasteiger partial charge in [0.05, 0.1) is 0 Å². The summed E-state index contributed by atoms with van der Waals surface area (Å²) in [5, 5.41) is 0. The SMILES string of the molecule is CCN(C(=O)c1ccc(NN)cc1C)c1ccc(F)cc1. The number of carbonyl (C=O) groups excluding carboxylic acids is 1. The molecule has 0 saturated carbocycles. The molecule has 0 atom stereocenters. The summed E-state index contributed by atoms with van der Waals surface area (Å²) in [5.41, 5.74) is 5.39. The van der Waals surface area contributed by atoms with Crippen LogP contribution in [0.4, 0.5) is 15.8 Å². The number of benzene rings is 2.